The molecule has 3 aromatic rings. The van der Waals surface area contributed by atoms with Crippen molar-refractivity contribution < 1.29 is 18.7 Å². The highest BCUT2D eigenvalue weighted by molar-refractivity contribution is 5.69. The smallest absolute Gasteiger partial charge is 0.407 e. The molecule has 1 saturated carbocycles. The number of para-hydroxylation sites is 1. The molecule has 1 fully saturated rings. The molecule has 2 aromatic carbocycles. The third-order valence-electron chi connectivity index (χ3n) is 5.78. The van der Waals surface area contributed by atoms with Crippen LogP contribution in [0, 0.1) is 5.82 Å². The van der Waals surface area contributed by atoms with Gasteiger partial charge in [-0.25, -0.2) is 19.2 Å². The van der Waals surface area contributed by atoms with Gasteiger partial charge in [-0.3, -0.25) is 0 Å². The lowest BCUT2D eigenvalue weighted by Gasteiger charge is -2.30. The van der Waals surface area contributed by atoms with E-state index in [2.05, 4.69) is 20.6 Å². The van der Waals surface area contributed by atoms with Crippen LogP contribution in [0.3, 0.4) is 0 Å². The van der Waals surface area contributed by atoms with Crippen molar-refractivity contribution in [2.75, 3.05) is 11.1 Å². The maximum atomic E-state index is 14.3. The summed E-state index contributed by atoms with van der Waals surface area (Å²) in [5, 5.41) is 6.36. The molecule has 1 aliphatic rings. The average molecular weight is 494 g/mol. The molecule has 0 aliphatic heterocycles. The summed E-state index contributed by atoms with van der Waals surface area (Å²) in [6.45, 7) is 5.55. The molecule has 0 spiro atoms. The third kappa shape index (κ3) is 6.84. The lowest BCUT2D eigenvalue weighted by molar-refractivity contribution is 0.0492. The maximum Gasteiger partial charge on any atom is 0.407 e. The first-order valence-corrected chi connectivity index (χ1v) is 12.1. The van der Waals surface area contributed by atoms with Gasteiger partial charge in [0.2, 0.25) is 5.95 Å². The molecule has 4 N–H and O–H groups in total. The molecular formula is C27H32FN5O3. The Kier molecular flexibility index (Phi) is 7.57. The summed E-state index contributed by atoms with van der Waals surface area (Å²) in [5.74, 6) is 0.525. The number of aromatic nitrogens is 2. The standard InChI is InChI=1S/C27H32FN5O3/c1-27(2,3)36-26(34)32-19-11-9-18(10-12-19)31-25-30-15-14-22(33-25)20-6-4-5-7-23(20)35-24-13-8-17(29)16-21(24)28/h4-8,13-16,18-19H,9-12,29H2,1-3H3,(H,32,34)(H,30,31,33). The van der Waals surface area contributed by atoms with Crippen molar-refractivity contribution in [1.29, 1.82) is 0 Å². The summed E-state index contributed by atoms with van der Waals surface area (Å²) >= 11 is 0. The van der Waals surface area contributed by atoms with Gasteiger partial charge < -0.3 is 25.8 Å². The number of nitrogens with one attached hydrogen (secondary N) is 2. The summed E-state index contributed by atoms with van der Waals surface area (Å²) in [7, 11) is 0. The fourth-order valence-electron chi connectivity index (χ4n) is 4.10. The summed E-state index contributed by atoms with van der Waals surface area (Å²) in [5.41, 5.74) is 6.82. The SMILES string of the molecule is CC(C)(C)OC(=O)NC1CCC(Nc2nccc(-c3ccccc3Oc3ccc(N)cc3F)n2)CC1. The first kappa shape index (κ1) is 25.2. The molecule has 36 heavy (non-hydrogen) atoms. The van der Waals surface area contributed by atoms with Crippen LogP contribution in [-0.4, -0.2) is 33.7 Å². The Balaban J connectivity index is 1.39. The zero-order valence-corrected chi connectivity index (χ0v) is 20.8. The van der Waals surface area contributed by atoms with Crippen LogP contribution in [0.1, 0.15) is 46.5 Å². The number of halogens is 1. The minimum Gasteiger partial charge on any atom is -0.454 e. The van der Waals surface area contributed by atoms with E-state index < -0.39 is 11.4 Å². The number of benzene rings is 2. The Morgan fingerprint density at radius 2 is 1.75 bits per heavy atom. The number of carbonyl (C=O) groups is 1. The number of nitrogens with two attached hydrogens (primary N) is 1. The molecule has 0 saturated heterocycles. The van der Waals surface area contributed by atoms with Crippen molar-refractivity contribution in [3.63, 3.8) is 0 Å². The quantitative estimate of drug-likeness (QED) is 0.366. The predicted octanol–water partition coefficient (Wildman–Crippen LogP) is 5.91. The second-order valence-corrected chi connectivity index (χ2v) is 9.89. The van der Waals surface area contributed by atoms with Crippen LogP contribution in [-0.2, 0) is 4.74 Å². The van der Waals surface area contributed by atoms with E-state index in [1.807, 2.05) is 39.0 Å². The molecule has 0 atom stereocenters. The molecule has 0 unspecified atom stereocenters. The number of ether oxygens (including phenoxy) is 2. The van der Waals surface area contributed by atoms with Gasteiger partial charge in [0.1, 0.15) is 11.4 Å². The Morgan fingerprint density at radius 1 is 1.03 bits per heavy atom. The molecule has 190 valence electrons. The number of hydrogen-bond donors (Lipinski definition) is 3. The van der Waals surface area contributed by atoms with E-state index in [4.69, 9.17) is 15.2 Å². The molecule has 9 heteroatoms. The number of nitrogens with zero attached hydrogens (tertiary/aromatic N) is 2. The fourth-order valence-corrected chi connectivity index (χ4v) is 4.10. The number of nitrogen functional groups attached to an aromatic ring is 1. The van der Waals surface area contributed by atoms with Gasteiger partial charge in [0.25, 0.3) is 0 Å². The van der Waals surface area contributed by atoms with Gasteiger partial charge in [0.05, 0.1) is 5.69 Å². The highest BCUT2D eigenvalue weighted by atomic mass is 19.1. The van der Waals surface area contributed by atoms with Gasteiger partial charge in [-0.2, -0.15) is 0 Å². The minimum atomic E-state index is -0.536. The van der Waals surface area contributed by atoms with E-state index in [0.717, 1.165) is 25.7 Å². The van der Waals surface area contributed by atoms with Crippen LogP contribution in [0.4, 0.5) is 20.8 Å². The van der Waals surface area contributed by atoms with E-state index in [1.54, 1.807) is 24.4 Å². The number of amides is 1. The second kappa shape index (κ2) is 10.8. The first-order valence-electron chi connectivity index (χ1n) is 12.1. The summed E-state index contributed by atoms with van der Waals surface area (Å²) < 4.78 is 25.5. The summed E-state index contributed by atoms with van der Waals surface area (Å²) in [4.78, 5) is 21.1. The first-order chi connectivity index (χ1) is 17.2. The van der Waals surface area contributed by atoms with Gasteiger partial charge in [-0.05, 0) is 76.8 Å². The molecule has 0 bridgehead atoms. The molecule has 1 aromatic heterocycles. The number of alkyl carbamates (subject to hydrolysis) is 1. The third-order valence-corrected chi connectivity index (χ3v) is 5.78. The van der Waals surface area contributed by atoms with E-state index in [-0.39, 0.29) is 23.9 Å². The van der Waals surface area contributed by atoms with Crippen molar-refractivity contribution in [2.24, 2.45) is 0 Å². The van der Waals surface area contributed by atoms with E-state index in [1.165, 1.54) is 12.1 Å². The predicted molar refractivity (Wildman–Crippen MR) is 137 cm³/mol. The van der Waals surface area contributed by atoms with Crippen molar-refractivity contribution in [2.45, 2.75) is 64.1 Å². The summed E-state index contributed by atoms with van der Waals surface area (Å²) in [6, 6.07) is 13.7. The van der Waals surface area contributed by atoms with Crippen LogP contribution < -0.4 is 21.1 Å². The molecule has 4 rings (SSSR count). The highest BCUT2D eigenvalue weighted by Crippen LogP contribution is 2.34. The molecule has 0 radical (unpaired) electrons. The van der Waals surface area contributed by atoms with Crippen molar-refractivity contribution in [3.8, 4) is 22.8 Å². The zero-order chi connectivity index (χ0) is 25.7. The number of rotatable bonds is 6. The maximum absolute atomic E-state index is 14.3. The van der Waals surface area contributed by atoms with Crippen LogP contribution in [0.2, 0.25) is 0 Å². The normalized spacial score (nSPS) is 17.8. The van der Waals surface area contributed by atoms with Crippen molar-refractivity contribution >= 4 is 17.7 Å². The van der Waals surface area contributed by atoms with Crippen LogP contribution >= 0.6 is 0 Å². The lowest BCUT2D eigenvalue weighted by atomic mass is 9.91. The number of carbonyl (C=O) groups excluding carboxylic acids is 1. The Bertz CT molecular complexity index is 1210. The van der Waals surface area contributed by atoms with Gasteiger partial charge in [-0.15, -0.1) is 0 Å². The Hall–Kier alpha value is -3.88. The van der Waals surface area contributed by atoms with E-state index in [9.17, 15) is 9.18 Å². The zero-order valence-electron chi connectivity index (χ0n) is 20.8. The largest absolute Gasteiger partial charge is 0.454 e. The van der Waals surface area contributed by atoms with Gasteiger partial charge in [0.15, 0.2) is 11.6 Å². The van der Waals surface area contributed by atoms with Crippen molar-refractivity contribution in [3.05, 3.63) is 60.5 Å². The van der Waals surface area contributed by atoms with Gasteiger partial charge in [0, 0.05) is 35.6 Å². The van der Waals surface area contributed by atoms with E-state index in [0.29, 0.717) is 28.6 Å². The Labute approximate surface area is 210 Å². The van der Waals surface area contributed by atoms with Gasteiger partial charge in [-0.1, -0.05) is 12.1 Å². The van der Waals surface area contributed by atoms with Crippen LogP contribution in [0.5, 0.6) is 11.5 Å². The molecule has 1 amide bonds. The van der Waals surface area contributed by atoms with Crippen LogP contribution in [0.25, 0.3) is 11.3 Å². The number of anilines is 2. The molecule has 8 nitrogen and oxygen atoms in total. The van der Waals surface area contributed by atoms with Crippen LogP contribution in [0.15, 0.2) is 54.7 Å². The summed E-state index contributed by atoms with van der Waals surface area (Å²) in [6.07, 6.45) is 4.70. The molecule has 1 aliphatic carbocycles. The second-order valence-electron chi connectivity index (χ2n) is 9.89. The van der Waals surface area contributed by atoms with E-state index >= 15 is 0 Å². The minimum absolute atomic E-state index is 0.0841. The lowest BCUT2D eigenvalue weighted by Crippen LogP contribution is -2.42. The highest BCUT2D eigenvalue weighted by Gasteiger charge is 2.25. The average Bonchev–Trinajstić information content (AvgIpc) is 2.81. The fraction of sp³-hybridized carbons (Fsp3) is 0.370. The van der Waals surface area contributed by atoms with Gasteiger partial charge >= 0.3 is 6.09 Å². The topological polar surface area (TPSA) is 111 Å². The molecule has 1 heterocycles. The number of hydrogen-bond acceptors (Lipinski definition) is 7. The monoisotopic (exact) mass is 493 g/mol. The van der Waals surface area contributed by atoms with Crippen molar-refractivity contribution in [1.82, 2.24) is 15.3 Å². The molecular weight excluding hydrogens is 461 g/mol. The Morgan fingerprint density at radius 3 is 2.47 bits per heavy atom.